The van der Waals surface area contributed by atoms with Crippen molar-refractivity contribution in [3.05, 3.63) is 23.9 Å². The third kappa shape index (κ3) is 4.00. The summed E-state index contributed by atoms with van der Waals surface area (Å²) in [6, 6.07) is 4.31. The number of aromatic nitrogens is 1. The van der Waals surface area contributed by atoms with Gasteiger partial charge in [0.2, 0.25) is 0 Å². The summed E-state index contributed by atoms with van der Waals surface area (Å²) in [6.45, 7) is 5.33. The van der Waals surface area contributed by atoms with Crippen LogP contribution in [0.15, 0.2) is 18.3 Å². The average Bonchev–Trinajstić information content (AvgIpc) is 3.14. The molecule has 1 N–H and O–H groups in total. The first-order valence-corrected chi connectivity index (χ1v) is 6.66. The topological polar surface area (TPSA) is 28.2 Å². The van der Waals surface area contributed by atoms with Gasteiger partial charge in [0.1, 0.15) is 5.82 Å². The van der Waals surface area contributed by atoms with E-state index >= 15 is 0 Å². The zero-order valence-electron chi connectivity index (χ0n) is 10.9. The molecular weight excluding hydrogens is 210 g/mol. The van der Waals surface area contributed by atoms with Gasteiger partial charge in [-0.25, -0.2) is 4.98 Å². The highest BCUT2D eigenvalue weighted by atomic mass is 15.2. The zero-order chi connectivity index (χ0) is 12.1. The molecule has 0 atom stereocenters. The SMILES string of the molecule is CCCNCc1ccc(N(C)CC2CC2)nc1. The molecule has 0 saturated heterocycles. The number of anilines is 1. The second-order valence-electron chi connectivity index (χ2n) is 5.03. The fourth-order valence-corrected chi connectivity index (χ4v) is 1.94. The van der Waals surface area contributed by atoms with Crippen molar-refractivity contribution in [3.8, 4) is 0 Å². The van der Waals surface area contributed by atoms with E-state index in [4.69, 9.17) is 0 Å². The molecule has 1 heterocycles. The highest BCUT2D eigenvalue weighted by molar-refractivity contribution is 5.38. The Balaban J connectivity index is 1.83. The summed E-state index contributed by atoms with van der Waals surface area (Å²) in [5.41, 5.74) is 1.27. The molecule has 0 spiro atoms. The molecule has 3 nitrogen and oxygen atoms in total. The van der Waals surface area contributed by atoms with E-state index in [-0.39, 0.29) is 0 Å². The third-order valence-corrected chi connectivity index (χ3v) is 3.19. The number of nitrogens with zero attached hydrogens (tertiary/aromatic N) is 2. The second kappa shape index (κ2) is 6.01. The van der Waals surface area contributed by atoms with Gasteiger partial charge in [0.05, 0.1) is 0 Å². The lowest BCUT2D eigenvalue weighted by Crippen LogP contribution is -2.21. The summed E-state index contributed by atoms with van der Waals surface area (Å²) in [5.74, 6) is 2.00. The lowest BCUT2D eigenvalue weighted by atomic mass is 10.2. The third-order valence-electron chi connectivity index (χ3n) is 3.19. The van der Waals surface area contributed by atoms with E-state index in [2.05, 4.69) is 41.3 Å². The van der Waals surface area contributed by atoms with Crippen LogP contribution in [0.5, 0.6) is 0 Å². The molecule has 1 aromatic rings. The summed E-state index contributed by atoms with van der Waals surface area (Å²) in [7, 11) is 2.13. The average molecular weight is 233 g/mol. The maximum absolute atomic E-state index is 4.52. The standard InChI is InChI=1S/C14H23N3/c1-3-8-15-9-13-6-7-14(16-10-13)17(2)11-12-4-5-12/h6-7,10,12,15H,3-5,8-9,11H2,1-2H3. The van der Waals surface area contributed by atoms with Crippen LogP contribution < -0.4 is 10.2 Å². The molecule has 17 heavy (non-hydrogen) atoms. The summed E-state index contributed by atoms with van der Waals surface area (Å²) in [5, 5.41) is 3.39. The molecule has 0 amide bonds. The summed E-state index contributed by atoms with van der Waals surface area (Å²) >= 11 is 0. The molecule has 3 heteroatoms. The molecule has 0 radical (unpaired) electrons. The first-order valence-electron chi connectivity index (χ1n) is 6.66. The second-order valence-corrected chi connectivity index (χ2v) is 5.03. The van der Waals surface area contributed by atoms with E-state index in [1.807, 2.05) is 6.20 Å². The molecule has 0 bridgehead atoms. The maximum atomic E-state index is 4.52. The van der Waals surface area contributed by atoms with Crippen LogP contribution in [0.3, 0.4) is 0 Å². The summed E-state index contributed by atoms with van der Waals surface area (Å²) in [4.78, 5) is 6.79. The molecule has 1 fully saturated rings. The van der Waals surface area contributed by atoms with Gasteiger partial charge in [0, 0.05) is 26.3 Å². The van der Waals surface area contributed by atoms with E-state index in [9.17, 15) is 0 Å². The molecule has 0 aromatic carbocycles. The summed E-state index contributed by atoms with van der Waals surface area (Å²) in [6.07, 6.45) is 5.95. The Morgan fingerprint density at radius 1 is 1.41 bits per heavy atom. The minimum Gasteiger partial charge on any atom is -0.359 e. The van der Waals surface area contributed by atoms with Gasteiger partial charge in [-0.05, 0) is 43.4 Å². The number of nitrogens with one attached hydrogen (secondary N) is 1. The van der Waals surface area contributed by atoms with Gasteiger partial charge in [-0.15, -0.1) is 0 Å². The Bertz CT molecular complexity index is 330. The van der Waals surface area contributed by atoms with Crippen LogP contribution in [0.2, 0.25) is 0 Å². The van der Waals surface area contributed by atoms with E-state index in [0.29, 0.717) is 0 Å². The Morgan fingerprint density at radius 3 is 2.82 bits per heavy atom. The van der Waals surface area contributed by atoms with Crippen LogP contribution in [0, 0.1) is 5.92 Å². The van der Waals surface area contributed by atoms with Gasteiger partial charge >= 0.3 is 0 Å². The van der Waals surface area contributed by atoms with E-state index < -0.39 is 0 Å². The first kappa shape index (κ1) is 12.4. The Kier molecular flexibility index (Phi) is 4.37. The molecule has 94 valence electrons. The zero-order valence-corrected chi connectivity index (χ0v) is 10.9. The van der Waals surface area contributed by atoms with Crippen molar-refractivity contribution in [2.24, 2.45) is 5.92 Å². The number of hydrogen-bond acceptors (Lipinski definition) is 3. The number of hydrogen-bond donors (Lipinski definition) is 1. The molecule has 0 aliphatic heterocycles. The molecule has 2 rings (SSSR count). The molecule has 1 aliphatic carbocycles. The van der Waals surface area contributed by atoms with Gasteiger partial charge in [0.25, 0.3) is 0 Å². The molecular formula is C14H23N3. The molecule has 0 unspecified atom stereocenters. The molecule has 1 aliphatic rings. The normalized spacial score (nSPS) is 14.9. The smallest absolute Gasteiger partial charge is 0.128 e. The van der Waals surface area contributed by atoms with Gasteiger partial charge in [-0.1, -0.05) is 13.0 Å². The van der Waals surface area contributed by atoms with E-state index in [1.165, 1.54) is 24.8 Å². The lowest BCUT2D eigenvalue weighted by Gasteiger charge is -2.17. The molecule has 1 saturated carbocycles. The highest BCUT2D eigenvalue weighted by Crippen LogP contribution is 2.30. The van der Waals surface area contributed by atoms with Crippen molar-refractivity contribution in [1.82, 2.24) is 10.3 Å². The minimum atomic E-state index is 0.910. The quantitative estimate of drug-likeness (QED) is 0.733. The van der Waals surface area contributed by atoms with Crippen LogP contribution >= 0.6 is 0 Å². The number of rotatable bonds is 7. The number of pyridine rings is 1. The van der Waals surface area contributed by atoms with Crippen molar-refractivity contribution in [2.75, 3.05) is 25.0 Å². The lowest BCUT2D eigenvalue weighted by molar-refractivity contribution is 0.673. The fourth-order valence-electron chi connectivity index (χ4n) is 1.94. The highest BCUT2D eigenvalue weighted by Gasteiger charge is 2.23. The minimum absolute atomic E-state index is 0.910. The van der Waals surface area contributed by atoms with Crippen molar-refractivity contribution in [3.63, 3.8) is 0 Å². The fraction of sp³-hybridized carbons (Fsp3) is 0.643. The van der Waals surface area contributed by atoms with E-state index in [0.717, 1.165) is 31.4 Å². The maximum Gasteiger partial charge on any atom is 0.128 e. The monoisotopic (exact) mass is 233 g/mol. The van der Waals surface area contributed by atoms with Crippen LogP contribution in [0.1, 0.15) is 31.7 Å². The Hall–Kier alpha value is -1.09. The Morgan fingerprint density at radius 2 is 2.24 bits per heavy atom. The van der Waals surface area contributed by atoms with Gasteiger partial charge in [-0.3, -0.25) is 0 Å². The van der Waals surface area contributed by atoms with Crippen molar-refractivity contribution in [2.45, 2.75) is 32.7 Å². The van der Waals surface area contributed by atoms with Crippen molar-refractivity contribution < 1.29 is 0 Å². The van der Waals surface area contributed by atoms with Crippen molar-refractivity contribution in [1.29, 1.82) is 0 Å². The van der Waals surface area contributed by atoms with Gasteiger partial charge in [0.15, 0.2) is 0 Å². The van der Waals surface area contributed by atoms with Crippen LogP contribution in [0.25, 0.3) is 0 Å². The molecule has 1 aromatic heterocycles. The predicted molar refractivity (Wildman–Crippen MR) is 72.2 cm³/mol. The van der Waals surface area contributed by atoms with Crippen LogP contribution in [-0.4, -0.2) is 25.1 Å². The van der Waals surface area contributed by atoms with Crippen molar-refractivity contribution >= 4 is 5.82 Å². The van der Waals surface area contributed by atoms with Gasteiger partial charge in [-0.2, -0.15) is 0 Å². The largest absolute Gasteiger partial charge is 0.359 e. The van der Waals surface area contributed by atoms with Crippen LogP contribution in [-0.2, 0) is 6.54 Å². The van der Waals surface area contributed by atoms with Crippen LogP contribution in [0.4, 0.5) is 5.82 Å². The van der Waals surface area contributed by atoms with Gasteiger partial charge < -0.3 is 10.2 Å². The first-order chi connectivity index (χ1) is 8.29. The predicted octanol–water partition coefficient (Wildman–Crippen LogP) is 2.43. The van der Waals surface area contributed by atoms with E-state index in [1.54, 1.807) is 0 Å². The summed E-state index contributed by atoms with van der Waals surface area (Å²) < 4.78 is 0. The Labute approximate surface area is 104 Å².